The van der Waals surface area contributed by atoms with Crippen LogP contribution in [0.4, 0.5) is 5.69 Å². The minimum absolute atomic E-state index is 0.0847. The van der Waals surface area contributed by atoms with Crippen molar-refractivity contribution in [1.82, 2.24) is 20.8 Å². The monoisotopic (exact) mass is 448 g/mol. The van der Waals surface area contributed by atoms with E-state index >= 15 is 0 Å². The fourth-order valence-electron chi connectivity index (χ4n) is 2.59. The Balaban J connectivity index is 2.14. The molecule has 1 unspecified atom stereocenters. The van der Waals surface area contributed by atoms with E-state index < -0.39 is 11.7 Å². The number of aromatic nitrogens is 2. The summed E-state index contributed by atoms with van der Waals surface area (Å²) in [5.41, 5.74) is 4.28. The van der Waals surface area contributed by atoms with Crippen LogP contribution >= 0.6 is 23.8 Å². The molecular weight excluding hydrogens is 434 g/mol. The Bertz CT molecular complexity index is 1180. The zero-order valence-corrected chi connectivity index (χ0v) is 16.6. The molecule has 7 N–H and O–H groups in total. The van der Waals surface area contributed by atoms with Crippen LogP contribution in [0.2, 0.25) is 5.02 Å². The molecule has 1 atom stereocenters. The molecule has 0 bridgehead atoms. The highest BCUT2D eigenvalue weighted by atomic mass is 35.5. The number of aliphatic hydroxyl groups excluding tert-OH is 1. The Morgan fingerprint density at radius 2 is 2.13 bits per heavy atom. The second kappa shape index (κ2) is 9.13. The molecule has 0 amide bonds. The van der Waals surface area contributed by atoms with Crippen LogP contribution in [0.25, 0.3) is 11.0 Å². The molecule has 0 radical (unpaired) electrons. The number of benzene rings is 2. The lowest BCUT2D eigenvalue weighted by molar-refractivity contribution is 0.246. The first-order chi connectivity index (χ1) is 14.3. The van der Waals surface area contributed by atoms with Crippen molar-refractivity contribution in [3.63, 3.8) is 0 Å². The van der Waals surface area contributed by atoms with Gasteiger partial charge in [0.1, 0.15) is 11.8 Å². The quantitative estimate of drug-likeness (QED) is 0.143. The number of nitrogens with one attached hydrogen (secondary N) is 3. The Labute approximate surface area is 179 Å². The number of hydrogen-bond acceptors (Lipinski definition) is 9. The van der Waals surface area contributed by atoms with Crippen molar-refractivity contribution in [2.75, 3.05) is 5.23 Å². The Morgan fingerprint density at radius 3 is 2.83 bits per heavy atom. The molecule has 30 heavy (non-hydrogen) atoms. The van der Waals surface area contributed by atoms with Gasteiger partial charge < -0.3 is 20.5 Å². The van der Waals surface area contributed by atoms with Gasteiger partial charge in [0.2, 0.25) is 5.11 Å². The molecule has 0 aliphatic carbocycles. The normalized spacial score (nSPS) is 12.5. The molecule has 156 valence electrons. The maximum absolute atomic E-state index is 12.7. The van der Waals surface area contributed by atoms with Gasteiger partial charge in [-0.3, -0.25) is 20.9 Å². The van der Waals surface area contributed by atoms with Crippen LogP contribution in [0, 0.1) is 5.21 Å². The standard InChI is InChI=1S/C17H15ClN7O4S/c18-9-4-5-11-12(7-9)21-16(27)14(20-11)13(23-24-17(30)22-19)15(26)8-2-1-3-10(6-8)25(28)29/h1-7,15,26,28H,19H2,(H,21,27)(H2,22,24,30)/q-1/b23-13+. The topological polar surface area (TPSA) is 175 Å². The Kier molecular flexibility index (Phi) is 6.56. The summed E-state index contributed by atoms with van der Waals surface area (Å²) in [4.78, 5) is 19.6. The summed E-state index contributed by atoms with van der Waals surface area (Å²) in [7, 11) is 0. The SMILES string of the molecule is NNC(=S)N/N=C(\c1nc2ccc(Cl)cc2[nH]c1=O)C(O)c1cccc(N([O-])O)c1. The van der Waals surface area contributed by atoms with Gasteiger partial charge >= 0.3 is 0 Å². The molecule has 0 saturated heterocycles. The van der Waals surface area contributed by atoms with E-state index in [1.807, 2.05) is 0 Å². The number of nitrogens with two attached hydrogens (primary N) is 1. The number of nitrogens with zero attached hydrogens (tertiary/aromatic N) is 3. The van der Waals surface area contributed by atoms with Crippen molar-refractivity contribution in [3.8, 4) is 0 Å². The van der Waals surface area contributed by atoms with Crippen LogP contribution in [0.5, 0.6) is 0 Å². The van der Waals surface area contributed by atoms with E-state index in [2.05, 4.69) is 25.9 Å². The van der Waals surface area contributed by atoms with Gasteiger partial charge in [-0.05, 0) is 48.1 Å². The average molecular weight is 449 g/mol. The predicted octanol–water partition coefficient (Wildman–Crippen LogP) is 1.05. The van der Waals surface area contributed by atoms with Crippen molar-refractivity contribution >= 4 is 51.4 Å². The summed E-state index contributed by atoms with van der Waals surface area (Å²) in [5.74, 6) is 5.21. The summed E-state index contributed by atoms with van der Waals surface area (Å²) in [6.45, 7) is 0. The first kappa shape index (κ1) is 21.6. The first-order valence-corrected chi connectivity index (χ1v) is 9.07. The molecule has 0 spiro atoms. The highest BCUT2D eigenvalue weighted by Gasteiger charge is 2.23. The van der Waals surface area contributed by atoms with Gasteiger partial charge in [-0.25, -0.2) is 10.8 Å². The number of hydrazone groups is 1. The molecule has 0 aliphatic rings. The van der Waals surface area contributed by atoms with Crippen molar-refractivity contribution in [2.45, 2.75) is 6.10 Å². The number of H-pyrrole nitrogens is 1. The lowest BCUT2D eigenvalue weighted by Crippen LogP contribution is -2.38. The summed E-state index contributed by atoms with van der Waals surface area (Å²) < 4.78 is 0. The van der Waals surface area contributed by atoms with Gasteiger partial charge in [0.05, 0.1) is 16.7 Å². The van der Waals surface area contributed by atoms with Crippen LogP contribution in [-0.2, 0) is 0 Å². The van der Waals surface area contributed by atoms with Crippen LogP contribution in [0.3, 0.4) is 0 Å². The van der Waals surface area contributed by atoms with Gasteiger partial charge in [-0.2, -0.15) is 5.10 Å². The van der Waals surface area contributed by atoms with E-state index in [1.54, 1.807) is 12.1 Å². The average Bonchev–Trinajstić information content (AvgIpc) is 2.73. The number of aliphatic hydroxyl groups is 1. The fraction of sp³-hybridized carbons (Fsp3) is 0.0588. The van der Waals surface area contributed by atoms with E-state index in [-0.39, 0.29) is 33.0 Å². The maximum atomic E-state index is 12.7. The lowest BCUT2D eigenvalue weighted by Gasteiger charge is -2.23. The van der Waals surface area contributed by atoms with Gasteiger partial charge in [0, 0.05) is 5.02 Å². The lowest BCUT2D eigenvalue weighted by atomic mass is 10.0. The minimum atomic E-state index is -1.52. The second-order valence-corrected chi connectivity index (χ2v) is 6.77. The van der Waals surface area contributed by atoms with E-state index in [0.717, 1.165) is 0 Å². The number of aromatic amines is 1. The smallest absolute Gasteiger partial charge is 0.276 e. The van der Waals surface area contributed by atoms with Gasteiger partial charge in [0.25, 0.3) is 5.56 Å². The Morgan fingerprint density at radius 1 is 1.37 bits per heavy atom. The third kappa shape index (κ3) is 4.71. The van der Waals surface area contributed by atoms with E-state index in [1.165, 1.54) is 30.3 Å². The molecule has 3 rings (SSSR count). The summed E-state index contributed by atoms with van der Waals surface area (Å²) >= 11 is 10.8. The zero-order valence-electron chi connectivity index (χ0n) is 15.0. The molecule has 13 heteroatoms. The van der Waals surface area contributed by atoms with E-state index in [0.29, 0.717) is 16.1 Å². The predicted molar refractivity (Wildman–Crippen MR) is 116 cm³/mol. The number of rotatable bonds is 5. The van der Waals surface area contributed by atoms with Crippen molar-refractivity contribution in [3.05, 3.63) is 74.3 Å². The Hall–Kier alpha value is -3.13. The number of halogens is 1. The zero-order chi connectivity index (χ0) is 21.8. The third-order valence-corrected chi connectivity index (χ3v) is 4.42. The third-order valence-electron chi connectivity index (χ3n) is 3.97. The molecule has 0 aliphatic heterocycles. The molecule has 2 aromatic carbocycles. The van der Waals surface area contributed by atoms with Crippen LogP contribution in [0.1, 0.15) is 17.4 Å². The molecule has 1 aromatic heterocycles. The minimum Gasteiger partial charge on any atom is -0.733 e. The summed E-state index contributed by atoms with van der Waals surface area (Å²) in [6, 6.07) is 10.2. The molecular formula is C17H15ClN7O4S-. The van der Waals surface area contributed by atoms with Crippen LogP contribution in [0.15, 0.2) is 52.4 Å². The maximum Gasteiger partial charge on any atom is 0.276 e. The van der Waals surface area contributed by atoms with E-state index in [4.69, 9.17) is 34.9 Å². The fourth-order valence-corrected chi connectivity index (χ4v) is 2.81. The molecule has 0 fully saturated rings. The van der Waals surface area contributed by atoms with Crippen molar-refractivity contribution < 1.29 is 10.3 Å². The number of anilines is 1. The van der Waals surface area contributed by atoms with Crippen LogP contribution < -0.4 is 27.5 Å². The molecule has 0 saturated carbocycles. The van der Waals surface area contributed by atoms with E-state index in [9.17, 15) is 15.1 Å². The number of fused-ring (bicyclic) bond motifs is 1. The number of hydrazine groups is 1. The van der Waals surface area contributed by atoms with Crippen molar-refractivity contribution in [2.24, 2.45) is 10.9 Å². The summed E-state index contributed by atoms with van der Waals surface area (Å²) in [6.07, 6.45) is -1.52. The number of hydrogen-bond donors (Lipinski definition) is 6. The largest absolute Gasteiger partial charge is 0.733 e. The van der Waals surface area contributed by atoms with Gasteiger partial charge in [-0.1, -0.05) is 23.7 Å². The second-order valence-electron chi connectivity index (χ2n) is 5.93. The summed E-state index contributed by atoms with van der Waals surface area (Å²) in [5, 5.41) is 35.1. The van der Waals surface area contributed by atoms with Gasteiger partial charge in [-0.15, -0.1) is 0 Å². The molecule has 3 aromatic rings. The highest BCUT2D eigenvalue weighted by molar-refractivity contribution is 7.80. The highest BCUT2D eigenvalue weighted by Crippen LogP contribution is 2.23. The molecule has 1 heterocycles. The molecule has 11 nitrogen and oxygen atoms in total. The van der Waals surface area contributed by atoms with Crippen LogP contribution in [-0.4, -0.2) is 31.1 Å². The van der Waals surface area contributed by atoms with Crippen molar-refractivity contribution in [1.29, 1.82) is 0 Å². The van der Waals surface area contributed by atoms with Gasteiger partial charge in [0.15, 0.2) is 5.69 Å². The number of thiocarbonyl (C=S) groups is 1. The first-order valence-electron chi connectivity index (χ1n) is 8.28.